The second-order valence-corrected chi connectivity index (χ2v) is 6.36. The van der Waals surface area contributed by atoms with Gasteiger partial charge in [-0.3, -0.25) is 9.88 Å². The third kappa shape index (κ3) is 4.54. The summed E-state index contributed by atoms with van der Waals surface area (Å²) in [7, 11) is 4.05. The van der Waals surface area contributed by atoms with Crippen molar-refractivity contribution in [3.63, 3.8) is 0 Å². The molecule has 1 fully saturated rings. The van der Waals surface area contributed by atoms with E-state index in [1.807, 2.05) is 27.1 Å². The molecule has 0 radical (unpaired) electrons. The van der Waals surface area contributed by atoms with Crippen LogP contribution in [0, 0.1) is 6.92 Å². The Labute approximate surface area is 122 Å². The van der Waals surface area contributed by atoms with E-state index in [9.17, 15) is 5.11 Å². The molecule has 2 rings (SSSR count). The zero-order valence-corrected chi connectivity index (χ0v) is 13.0. The van der Waals surface area contributed by atoms with E-state index in [0.717, 1.165) is 56.8 Å². The van der Waals surface area contributed by atoms with Gasteiger partial charge in [0.2, 0.25) is 0 Å². The number of aryl methyl sites for hydroxylation is 1. The maximum atomic E-state index is 10.7. The quantitative estimate of drug-likeness (QED) is 0.909. The SMILES string of the molecule is Cc1cccc(CN2CCC[C@](O)(CN(C)C)CC2)n1. The average molecular weight is 277 g/mol. The van der Waals surface area contributed by atoms with Crippen LogP contribution in [0.1, 0.15) is 30.7 Å². The predicted molar refractivity (Wildman–Crippen MR) is 81.6 cm³/mol. The largest absolute Gasteiger partial charge is 0.389 e. The summed E-state index contributed by atoms with van der Waals surface area (Å²) in [6.45, 7) is 5.66. The van der Waals surface area contributed by atoms with Crippen LogP contribution in [0.2, 0.25) is 0 Å². The molecular formula is C16H27N3O. The van der Waals surface area contributed by atoms with E-state index in [-0.39, 0.29) is 0 Å². The highest BCUT2D eigenvalue weighted by molar-refractivity contribution is 5.09. The minimum absolute atomic E-state index is 0.529. The van der Waals surface area contributed by atoms with Crippen LogP contribution in [0.3, 0.4) is 0 Å². The zero-order chi connectivity index (χ0) is 14.6. The topological polar surface area (TPSA) is 39.6 Å². The van der Waals surface area contributed by atoms with Gasteiger partial charge in [-0.15, -0.1) is 0 Å². The third-order valence-corrected chi connectivity index (χ3v) is 3.95. The summed E-state index contributed by atoms with van der Waals surface area (Å²) in [6, 6.07) is 6.18. The Morgan fingerprint density at radius 1 is 1.30 bits per heavy atom. The van der Waals surface area contributed by atoms with Crippen LogP contribution >= 0.6 is 0 Å². The highest BCUT2D eigenvalue weighted by Gasteiger charge is 2.30. The summed E-state index contributed by atoms with van der Waals surface area (Å²) in [6.07, 6.45) is 2.79. The minimum Gasteiger partial charge on any atom is -0.389 e. The van der Waals surface area contributed by atoms with Crippen molar-refractivity contribution >= 4 is 0 Å². The molecule has 1 N–H and O–H groups in total. The second kappa shape index (κ2) is 6.66. The standard InChI is InChI=1S/C16H27N3O/c1-14-6-4-7-15(17-14)12-19-10-5-8-16(20,9-11-19)13-18(2)3/h4,6-7,20H,5,8-13H2,1-3H3/t16-/m1/s1. The molecule has 1 atom stereocenters. The number of aliphatic hydroxyl groups is 1. The van der Waals surface area contributed by atoms with Crippen molar-refractivity contribution in [2.75, 3.05) is 33.7 Å². The number of hydrogen-bond donors (Lipinski definition) is 1. The molecular weight excluding hydrogens is 250 g/mol. The molecule has 0 aliphatic carbocycles. The number of aromatic nitrogens is 1. The lowest BCUT2D eigenvalue weighted by Crippen LogP contribution is -2.40. The first-order valence-electron chi connectivity index (χ1n) is 7.49. The van der Waals surface area contributed by atoms with Crippen molar-refractivity contribution < 1.29 is 5.11 Å². The minimum atomic E-state index is -0.529. The first-order valence-corrected chi connectivity index (χ1v) is 7.49. The van der Waals surface area contributed by atoms with Gasteiger partial charge in [0.1, 0.15) is 0 Å². The van der Waals surface area contributed by atoms with Gasteiger partial charge in [0.25, 0.3) is 0 Å². The van der Waals surface area contributed by atoms with Crippen molar-refractivity contribution in [2.24, 2.45) is 0 Å². The van der Waals surface area contributed by atoms with Gasteiger partial charge < -0.3 is 10.0 Å². The molecule has 20 heavy (non-hydrogen) atoms. The fourth-order valence-corrected chi connectivity index (χ4v) is 3.06. The number of hydrogen-bond acceptors (Lipinski definition) is 4. The molecule has 1 aromatic rings. The normalized spacial score (nSPS) is 24.9. The predicted octanol–water partition coefficient (Wildman–Crippen LogP) is 1.67. The van der Waals surface area contributed by atoms with Gasteiger partial charge in [-0.05, 0) is 59.0 Å². The Kier molecular flexibility index (Phi) is 5.13. The number of nitrogens with zero attached hydrogens (tertiary/aromatic N) is 3. The van der Waals surface area contributed by atoms with E-state index in [1.54, 1.807) is 0 Å². The van der Waals surface area contributed by atoms with E-state index < -0.39 is 5.60 Å². The lowest BCUT2D eigenvalue weighted by Gasteiger charge is -2.30. The van der Waals surface area contributed by atoms with Gasteiger partial charge in [-0.2, -0.15) is 0 Å². The lowest BCUT2D eigenvalue weighted by molar-refractivity contribution is 0.00255. The second-order valence-electron chi connectivity index (χ2n) is 6.36. The Bertz CT molecular complexity index is 435. The number of pyridine rings is 1. The van der Waals surface area contributed by atoms with Crippen LogP contribution in [0.5, 0.6) is 0 Å². The molecule has 1 saturated heterocycles. The van der Waals surface area contributed by atoms with Crippen LogP contribution in [0.15, 0.2) is 18.2 Å². The van der Waals surface area contributed by atoms with E-state index in [0.29, 0.717) is 0 Å². The first-order chi connectivity index (χ1) is 9.47. The van der Waals surface area contributed by atoms with Crippen molar-refractivity contribution in [1.29, 1.82) is 0 Å². The molecule has 1 aliphatic rings. The molecule has 0 spiro atoms. The molecule has 1 aromatic heterocycles. The Morgan fingerprint density at radius 3 is 2.80 bits per heavy atom. The molecule has 0 saturated carbocycles. The van der Waals surface area contributed by atoms with Gasteiger partial charge in [0, 0.05) is 25.3 Å². The molecule has 112 valence electrons. The van der Waals surface area contributed by atoms with Gasteiger partial charge >= 0.3 is 0 Å². The van der Waals surface area contributed by atoms with Crippen LogP contribution in [-0.2, 0) is 6.54 Å². The molecule has 0 bridgehead atoms. The Balaban J connectivity index is 1.93. The van der Waals surface area contributed by atoms with Crippen LogP contribution in [0.4, 0.5) is 0 Å². The molecule has 0 amide bonds. The highest BCUT2D eigenvalue weighted by atomic mass is 16.3. The van der Waals surface area contributed by atoms with Crippen molar-refractivity contribution in [3.05, 3.63) is 29.6 Å². The zero-order valence-electron chi connectivity index (χ0n) is 13.0. The summed E-state index contributed by atoms with van der Waals surface area (Å²) in [5.41, 5.74) is 1.67. The fourth-order valence-electron chi connectivity index (χ4n) is 3.06. The maximum Gasteiger partial charge on any atom is 0.0786 e. The summed E-state index contributed by atoms with van der Waals surface area (Å²) in [5, 5.41) is 10.7. The van der Waals surface area contributed by atoms with Crippen LogP contribution < -0.4 is 0 Å². The average Bonchev–Trinajstić information content (AvgIpc) is 2.51. The van der Waals surface area contributed by atoms with E-state index in [4.69, 9.17) is 0 Å². The highest BCUT2D eigenvalue weighted by Crippen LogP contribution is 2.23. The number of likely N-dealkylation sites (tertiary alicyclic amines) is 1. The smallest absolute Gasteiger partial charge is 0.0786 e. The third-order valence-electron chi connectivity index (χ3n) is 3.95. The molecule has 0 unspecified atom stereocenters. The van der Waals surface area contributed by atoms with Gasteiger partial charge in [-0.25, -0.2) is 0 Å². The van der Waals surface area contributed by atoms with Crippen LogP contribution in [-0.4, -0.2) is 59.2 Å². The van der Waals surface area contributed by atoms with Gasteiger partial charge in [0.15, 0.2) is 0 Å². The van der Waals surface area contributed by atoms with Crippen molar-refractivity contribution in [2.45, 2.75) is 38.3 Å². The van der Waals surface area contributed by atoms with E-state index in [2.05, 4.69) is 26.9 Å². The monoisotopic (exact) mass is 277 g/mol. The van der Waals surface area contributed by atoms with E-state index >= 15 is 0 Å². The fraction of sp³-hybridized carbons (Fsp3) is 0.688. The van der Waals surface area contributed by atoms with Crippen LogP contribution in [0.25, 0.3) is 0 Å². The first kappa shape index (κ1) is 15.4. The molecule has 0 aromatic carbocycles. The summed E-state index contributed by atoms with van der Waals surface area (Å²) in [4.78, 5) is 9.06. The Morgan fingerprint density at radius 2 is 2.10 bits per heavy atom. The summed E-state index contributed by atoms with van der Waals surface area (Å²) in [5.74, 6) is 0. The summed E-state index contributed by atoms with van der Waals surface area (Å²) < 4.78 is 0. The lowest BCUT2D eigenvalue weighted by atomic mass is 9.94. The van der Waals surface area contributed by atoms with Gasteiger partial charge in [-0.1, -0.05) is 6.07 Å². The molecule has 4 heteroatoms. The van der Waals surface area contributed by atoms with E-state index in [1.165, 1.54) is 0 Å². The maximum absolute atomic E-state index is 10.7. The van der Waals surface area contributed by atoms with Crippen molar-refractivity contribution in [1.82, 2.24) is 14.8 Å². The summed E-state index contributed by atoms with van der Waals surface area (Å²) >= 11 is 0. The molecule has 1 aliphatic heterocycles. The number of rotatable bonds is 4. The number of likely N-dealkylation sites (N-methyl/N-ethyl adjacent to an activating group) is 1. The molecule has 2 heterocycles. The van der Waals surface area contributed by atoms with Crippen molar-refractivity contribution in [3.8, 4) is 0 Å². The molecule has 4 nitrogen and oxygen atoms in total. The Hall–Kier alpha value is -0.970. The van der Waals surface area contributed by atoms with Gasteiger partial charge in [0.05, 0.1) is 11.3 Å².